The molecule has 5 rings (SSSR count). The molecule has 0 aliphatic carbocycles. The second-order valence-electron chi connectivity index (χ2n) is 7.18. The molecule has 3 aromatic rings. The topological polar surface area (TPSA) is 44.7 Å². The molecule has 0 amide bonds. The minimum absolute atomic E-state index is 0.285. The average Bonchev–Trinajstić information content (AvgIpc) is 3.33. The molecule has 0 radical (unpaired) electrons. The monoisotopic (exact) mass is 364 g/mol. The Morgan fingerprint density at radius 2 is 1.89 bits per heavy atom. The van der Waals surface area contributed by atoms with Crippen molar-refractivity contribution in [2.24, 2.45) is 0 Å². The molecule has 2 aliphatic rings. The first kappa shape index (κ1) is 16.5. The van der Waals surface area contributed by atoms with Crippen molar-refractivity contribution >= 4 is 10.9 Å². The Balaban J connectivity index is 1.32. The zero-order valence-electron chi connectivity index (χ0n) is 15.3. The molecule has 0 saturated carbocycles. The van der Waals surface area contributed by atoms with Crippen LogP contribution < -0.4 is 19.5 Å². The fourth-order valence-electron chi connectivity index (χ4n) is 4.15. The number of ether oxygens (including phenoxy) is 3. The summed E-state index contributed by atoms with van der Waals surface area (Å²) in [6.07, 6.45) is 4.76. The minimum atomic E-state index is 0.285. The number of nitrogens with one attached hydrogen (secondary N) is 1. The second-order valence-corrected chi connectivity index (χ2v) is 7.18. The lowest BCUT2D eigenvalue weighted by Crippen LogP contribution is -2.26. The molecule has 5 heteroatoms. The van der Waals surface area contributed by atoms with Gasteiger partial charge in [-0.3, -0.25) is 0 Å². The Bertz CT molecular complexity index is 944. The third-order valence-electron chi connectivity index (χ3n) is 5.54. The SMILES string of the molecule is c1ccc2c(c1)c(C1CCNCC1)cn2CCOc1ccc2c(c1)OCO2. The van der Waals surface area contributed by atoms with E-state index in [2.05, 4.69) is 40.3 Å². The summed E-state index contributed by atoms with van der Waals surface area (Å²) in [5.74, 6) is 3.00. The van der Waals surface area contributed by atoms with Gasteiger partial charge in [-0.15, -0.1) is 0 Å². The molecule has 2 aromatic carbocycles. The van der Waals surface area contributed by atoms with Gasteiger partial charge in [-0.25, -0.2) is 0 Å². The number of para-hydroxylation sites is 1. The number of aromatic nitrogens is 1. The van der Waals surface area contributed by atoms with Crippen LogP contribution in [0.5, 0.6) is 17.2 Å². The van der Waals surface area contributed by atoms with E-state index >= 15 is 0 Å². The maximum Gasteiger partial charge on any atom is 0.231 e. The molecule has 1 saturated heterocycles. The fourth-order valence-corrected chi connectivity index (χ4v) is 4.15. The number of hydrogen-bond acceptors (Lipinski definition) is 4. The van der Waals surface area contributed by atoms with Crippen LogP contribution in [0.15, 0.2) is 48.7 Å². The summed E-state index contributed by atoms with van der Waals surface area (Å²) in [7, 11) is 0. The minimum Gasteiger partial charge on any atom is -0.492 e. The van der Waals surface area contributed by atoms with Crippen molar-refractivity contribution in [3.63, 3.8) is 0 Å². The van der Waals surface area contributed by atoms with E-state index in [4.69, 9.17) is 14.2 Å². The van der Waals surface area contributed by atoms with Gasteiger partial charge in [-0.1, -0.05) is 18.2 Å². The highest BCUT2D eigenvalue weighted by atomic mass is 16.7. The van der Waals surface area contributed by atoms with Gasteiger partial charge in [0.2, 0.25) is 6.79 Å². The summed E-state index contributed by atoms with van der Waals surface area (Å²) in [4.78, 5) is 0. The Morgan fingerprint density at radius 3 is 2.81 bits per heavy atom. The third kappa shape index (κ3) is 3.23. The number of nitrogens with zero attached hydrogens (tertiary/aromatic N) is 1. The maximum absolute atomic E-state index is 5.97. The van der Waals surface area contributed by atoms with E-state index in [9.17, 15) is 0 Å². The molecule has 5 nitrogen and oxygen atoms in total. The highest BCUT2D eigenvalue weighted by Gasteiger charge is 2.20. The smallest absolute Gasteiger partial charge is 0.231 e. The van der Waals surface area contributed by atoms with Gasteiger partial charge < -0.3 is 24.1 Å². The zero-order valence-corrected chi connectivity index (χ0v) is 15.3. The van der Waals surface area contributed by atoms with Crippen molar-refractivity contribution in [3.8, 4) is 17.2 Å². The molecule has 140 valence electrons. The van der Waals surface area contributed by atoms with Crippen LogP contribution in [-0.2, 0) is 6.54 Å². The van der Waals surface area contributed by atoms with Crippen molar-refractivity contribution in [1.82, 2.24) is 9.88 Å². The van der Waals surface area contributed by atoms with Crippen LogP contribution in [0.1, 0.15) is 24.3 Å². The van der Waals surface area contributed by atoms with Crippen LogP contribution in [0.4, 0.5) is 0 Å². The van der Waals surface area contributed by atoms with Crippen LogP contribution in [-0.4, -0.2) is 31.1 Å². The quantitative estimate of drug-likeness (QED) is 0.745. The highest BCUT2D eigenvalue weighted by molar-refractivity contribution is 5.84. The number of rotatable bonds is 5. The lowest BCUT2D eigenvalue weighted by molar-refractivity contribution is 0.173. The molecule has 0 spiro atoms. The molecular formula is C22H24N2O3. The number of piperidine rings is 1. The van der Waals surface area contributed by atoms with E-state index in [0.29, 0.717) is 12.5 Å². The molecule has 1 fully saturated rings. The van der Waals surface area contributed by atoms with Crippen LogP contribution in [0.2, 0.25) is 0 Å². The van der Waals surface area contributed by atoms with Gasteiger partial charge in [0.15, 0.2) is 11.5 Å². The summed E-state index contributed by atoms with van der Waals surface area (Å²) in [6.45, 7) is 3.94. The third-order valence-corrected chi connectivity index (χ3v) is 5.54. The fraction of sp³-hybridized carbons (Fsp3) is 0.364. The molecule has 1 N–H and O–H groups in total. The summed E-state index contributed by atoms with van der Waals surface area (Å²) >= 11 is 0. The summed E-state index contributed by atoms with van der Waals surface area (Å²) in [6, 6.07) is 14.4. The first-order valence-electron chi connectivity index (χ1n) is 9.69. The molecule has 3 heterocycles. The van der Waals surface area contributed by atoms with E-state index in [1.165, 1.54) is 29.3 Å². The molecule has 0 atom stereocenters. The maximum atomic E-state index is 5.97. The Morgan fingerprint density at radius 1 is 1.04 bits per heavy atom. The van der Waals surface area contributed by atoms with Gasteiger partial charge in [0.25, 0.3) is 0 Å². The lowest BCUT2D eigenvalue weighted by atomic mass is 9.90. The lowest BCUT2D eigenvalue weighted by Gasteiger charge is -2.22. The standard InChI is InChI=1S/C22H24N2O3/c1-2-4-20-18(3-1)19(16-7-9-23-10-8-16)14-24(20)11-12-25-17-5-6-21-22(13-17)27-15-26-21/h1-6,13-14,16,23H,7-12,15H2. The predicted molar refractivity (Wildman–Crippen MR) is 105 cm³/mol. The summed E-state index contributed by atoms with van der Waals surface area (Å²) in [5.41, 5.74) is 2.77. The van der Waals surface area contributed by atoms with Crippen LogP contribution in [0, 0.1) is 0 Å². The summed E-state index contributed by atoms with van der Waals surface area (Å²) in [5, 5.41) is 4.85. The largest absolute Gasteiger partial charge is 0.492 e. The van der Waals surface area contributed by atoms with Crippen molar-refractivity contribution in [1.29, 1.82) is 0 Å². The number of benzene rings is 2. The van der Waals surface area contributed by atoms with E-state index in [0.717, 1.165) is 36.9 Å². The zero-order chi connectivity index (χ0) is 18.1. The first-order chi connectivity index (χ1) is 13.4. The van der Waals surface area contributed by atoms with E-state index < -0.39 is 0 Å². The average molecular weight is 364 g/mol. The Hall–Kier alpha value is -2.66. The molecule has 1 aromatic heterocycles. The molecular weight excluding hydrogens is 340 g/mol. The highest BCUT2D eigenvalue weighted by Crippen LogP contribution is 2.35. The molecule has 0 bridgehead atoms. The molecule has 27 heavy (non-hydrogen) atoms. The number of fused-ring (bicyclic) bond motifs is 2. The van der Waals surface area contributed by atoms with Gasteiger partial charge in [0.1, 0.15) is 12.4 Å². The van der Waals surface area contributed by atoms with Crippen LogP contribution >= 0.6 is 0 Å². The molecule has 0 unspecified atom stereocenters. The predicted octanol–water partition coefficient (Wildman–Crippen LogP) is 3.92. The van der Waals surface area contributed by atoms with Gasteiger partial charge in [-0.2, -0.15) is 0 Å². The van der Waals surface area contributed by atoms with Gasteiger partial charge in [0.05, 0.1) is 6.54 Å². The van der Waals surface area contributed by atoms with E-state index in [1.54, 1.807) is 0 Å². The van der Waals surface area contributed by atoms with E-state index in [-0.39, 0.29) is 6.79 Å². The molecule has 2 aliphatic heterocycles. The van der Waals surface area contributed by atoms with Gasteiger partial charge in [0, 0.05) is 23.2 Å². The van der Waals surface area contributed by atoms with Crippen LogP contribution in [0.3, 0.4) is 0 Å². The van der Waals surface area contributed by atoms with E-state index in [1.807, 2.05) is 18.2 Å². The normalized spacial score (nSPS) is 16.7. The Labute approximate surface area is 158 Å². The van der Waals surface area contributed by atoms with Crippen molar-refractivity contribution in [3.05, 3.63) is 54.2 Å². The van der Waals surface area contributed by atoms with Crippen LogP contribution in [0.25, 0.3) is 10.9 Å². The van der Waals surface area contributed by atoms with Gasteiger partial charge in [-0.05, 0) is 55.6 Å². The summed E-state index contributed by atoms with van der Waals surface area (Å²) < 4.78 is 19.1. The van der Waals surface area contributed by atoms with Crippen molar-refractivity contribution < 1.29 is 14.2 Å². The second kappa shape index (κ2) is 7.16. The van der Waals surface area contributed by atoms with Crippen molar-refractivity contribution in [2.45, 2.75) is 25.3 Å². The number of hydrogen-bond donors (Lipinski definition) is 1. The van der Waals surface area contributed by atoms with Gasteiger partial charge >= 0.3 is 0 Å². The first-order valence-corrected chi connectivity index (χ1v) is 9.69. The van der Waals surface area contributed by atoms with Crippen molar-refractivity contribution in [2.75, 3.05) is 26.5 Å². The Kier molecular flexibility index (Phi) is 4.38.